The minimum atomic E-state index is -1.26. The predicted molar refractivity (Wildman–Crippen MR) is 132 cm³/mol. The summed E-state index contributed by atoms with van der Waals surface area (Å²) in [4.78, 5) is 49.8. The molecule has 0 aromatic heterocycles. The lowest BCUT2D eigenvalue weighted by atomic mass is 9.37. The van der Waals surface area contributed by atoms with Gasteiger partial charge in [-0.3, -0.25) is 19.2 Å². The van der Waals surface area contributed by atoms with E-state index >= 15 is 0 Å². The van der Waals surface area contributed by atoms with Crippen LogP contribution in [0.4, 0.5) is 0 Å². The molecule has 0 aliphatic heterocycles. The summed E-state index contributed by atoms with van der Waals surface area (Å²) >= 11 is 0. The standard InChI is InChI=1S/C28H40O10/c1-12-17-9-18(35-13(2)29)22-27(8)20(36-14(3)30)10-19(33)26(6,7)23(27)21(37-15(4)31)25(38-16(5)32)28(22,11-17)24(12)34/h17-25,33-34H,1,9-11H2,2-8H3/t17-,18+,19+,20+,21-,22+,23-,24-,25+,27-,28+/m1/s1. The van der Waals surface area contributed by atoms with Crippen molar-refractivity contribution in [2.45, 2.75) is 104 Å². The molecule has 4 fully saturated rings. The van der Waals surface area contributed by atoms with Gasteiger partial charge in [0.1, 0.15) is 24.4 Å². The van der Waals surface area contributed by atoms with Crippen LogP contribution in [0.3, 0.4) is 0 Å². The second kappa shape index (κ2) is 9.33. The smallest absolute Gasteiger partial charge is 0.303 e. The molecule has 2 bridgehead atoms. The van der Waals surface area contributed by atoms with Crippen LogP contribution < -0.4 is 0 Å². The van der Waals surface area contributed by atoms with E-state index in [0.717, 1.165) is 0 Å². The van der Waals surface area contributed by atoms with Gasteiger partial charge in [-0.25, -0.2) is 0 Å². The topological polar surface area (TPSA) is 146 Å². The van der Waals surface area contributed by atoms with Crippen molar-refractivity contribution in [1.82, 2.24) is 0 Å². The largest absolute Gasteiger partial charge is 0.462 e. The van der Waals surface area contributed by atoms with Gasteiger partial charge < -0.3 is 29.2 Å². The molecule has 38 heavy (non-hydrogen) atoms. The maximum atomic E-state index is 12.5. The number of aliphatic hydroxyl groups is 2. The van der Waals surface area contributed by atoms with Crippen molar-refractivity contribution in [2.24, 2.45) is 34.0 Å². The molecule has 10 nitrogen and oxygen atoms in total. The summed E-state index contributed by atoms with van der Waals surface area (Å²) in [5.41, 5.74) is -2.73. The molecule has 212 valence electrons. The maximum absolute atomic E-state index is 12.5. The third kappa shape index (κ3) is 3.97. The molecule has 10 heteroatoms. The Morgan fingerprint density at radius 2 is 1.37 bits per heavy atom. The highest BCUT2D eigenvalue weighted by molar-refractivity contribution is 5.68. The van der Waals surface area contributed by atoms with Crippen molar-refractivity contribution in [2.75, 3.05) is 0 Å². The minimum Gasteiger partial charge on any atom is -0.462 e. The first-order valence-corrected chi connectivity index (χ1v) is 13.2. The molecule has 1 spiro atoms. The fourth-order valence-corrected chi connectivity index (χ4v) is 8.96. The molecule has 0 heterocycles. The van der Waals surface area contributed by atoms with E-state index < -0.39 is 88.6 Å². The first kappa shape index (κ1) is 28.5. The van der Waals surface area contributed by atoms with Crippen molar-refractivity contribution in [3.05, 3.63) is 12.2 Å². The van der Waals surface area contributed by atoms with Crippen molar-refractivity contribution in [1.29, 1.82) is 0 Å². The van der Waals surface area contributed by atoms with E-state index in [2.05, 4.69) is 6.58 Å². The highest BCUT2D eigenvalue weighted by Crippen LogP contribution is 2.73. The zero-order valence-electron chi connectivity index (χ0n) is 23.2. The fourth-order valence-electron chi connectivity index (χ4n) is 8.96. The number of ether oxygens (including phenoxy) is 4. The van der Waals surface area contributed by atoms with E-state index in [9.17, 15) is 29.4 Å². The Morgan fingerprint density at radius 1 is 0.816 bits per heavy atom. The van der Waals surface area contributed by atoms with Crippen LogP contribution in [0.1, 0.15) is 67.7 Å². The van der Waals surface area contributed by atoms with Gasteiger partial charge in [0.15, 0.2) is 0 Å². The summed E-state index contributed by atoms with van der Waals surface area (Å²) in [6.07, 6.45) is -5.18. The normalized spacial score (nSPS) is 44.8. The van der Waals surface area contributed by atoms with E-state index in [0.29, 0.717) is 18.4 Å². The van der Waals surface area contributed by atoms with Gasteiger partial charge in [0, 0.05) is 56.8 Å². The molecule has 0 aromatic rings. The Hall–Kier alpha value is -2.46. The monoisotopic (exact) mass is 536 g/mol. The molecule has 4 rings (SSSR count). The van der Waals surface area contributed by atoms with Crippen molar-refractivity contribution in [3.63, 3.8) is 0 Å². The number of fused-ring (bicyclic) bond motifs is 3. The van der Waals surface area contributed by atoms with E-state index in [1.807, 2.05) is 20.8 Å². The number of carbonyl (C=O) groups is 4. The van der Waals surface area contributed by atoms with E-state index in [4.69, 9.17) is 18.9 Å². The average Bonchev–Trinajstić information content (AvgIpc) is 2.95. The van der Waals surface area contributed by atoms with Crippen molar-refractivity contribution < 1.29 is 48.3 Å². The van der Waals surface area contributed by atoms with E-state index in [1.165, 1.54) is 27.7 Å². The van der Waals surface area contributed by atoms with Gasteiger partial charge in [-0.05, 0) is 29.7 Å². The third-order valence-corrected chi connectivity index (χ3v) is 9.96. The zero-order chi connectivity index (χ0) is 28.5. The van der Waals surface area contributed by atoms with Gasteiger partial charge in [0.2, 0.25) is 0 Å². The molecule has 2 N–H and O–H groups in total. The molecule has 4 aliphatic rings. The van der Waals surface area contributed by atoms with Crippen LogP contribution in [-0.2, 0) is 38.1 Å². The molecule has 0 saturated heterocycles. The summed E-state index contributed by atoms with van der Waals surface area (Å²) in [6.45, 7) is 14.8. The molecular weight excluding hydrogens is 496 g/mol. The van der Waals surface area contributed by atoms with Crippen LogP contribution in [0.5, 0.6) is 0 Å². The van der Waals surface area contributed by atoms with Crippen LogP contribution in [0, 0.1) is 34.0 Å². The van der Waals surface area contributed by atoms with Crippen LogP contribution >= 0.6 is 0 Å². The number of hydrogen-bond acceptors (Lipinski definition) is 10. The molecule has 0 unspecified atom stereocenters. The average molecular weight is 537 g/mol. The molecule has 11 atom stereocenters. The number of esters is 4. The van der Waals surface area contributed by atoms with Crippen LogP contribution in [0.15, 0.2) is 12.2 Å². The van der Waals surface area contributed by atoms with Gasteiger partial charge in [0.25, 0.3) is 0 Å². The lowest BCUT2D eigenvalue weighted by Crippen LogP contribution is -2.77. The summed E-state index contributed by atoms with van der Waals surface area (Å²) in [7, 11) is 0. The van der Waals surface area contributed by atoms with Gasteiger partial charge in [-0.2, -0.15) is 0 Å². The van der Waals surface area contributed by atoms with Gasteiger partial charge in [-0.1, -0.05) is 27.4 Å². The molecule has 0 amide bonds. The summed E-state index contributed by atoms with van der Waals surface area (Å²) in [5, 5.41) is 23.2. The first-order chi connectivity index (χ1) is 17.5. The van der Waals surface area contributed by atoms with E-state index in [-0.39, 0.29) is 12.3 Å². The molecule has 0 radical (unpaired) electrons. The number of rotatable bonds is 4. The second-order valence-electron chi connectivity index (χ2n) is 12.5. The van der Waals surface area contributed by atoms with Gasteiger partial charge in [0.05, 0.1) is 12.2 Å². The Kier molecular flexibility index (Phi) is 7.01. The molecule has 4 aliphatic carbocycles. The molecule has 0 aromatic carbocycles. The highest BCUT2D eigenvalue weighted by atomic mass is 16.6. The quantitative estimate of drug-likeness (QED) is 0.311. The Balaban J connectivity index is 2.08. The lowest BCUT2D eigenvalue weighted by Gasteiger charge is -2.70. The number of hydrogen-bond donors (Lipinski definition) is 2. The second-order valence-corrected chi connectivity index (χ2v) is 12.5. The Morgan fingerprint density at radius 3 is 1.89 bits per heavy atom. The SMILES string of the molecule is C=C1[C@@H]2C[C@H](OC(C)=O)[C@H]3[C@@]4(C)[C@@H](OC(C)=O)C[C@H](O)C(C)(C)[C@H]4[C@@H](OC(C)=O)[C@H](OC(C)=O)[C@]3(C2)[C@@H]1O. The van der Waals surface area contributed by atoms with Gasteiger partial charge in [-0.15, -0.1) is 0 Å². The predicted octanol–water partition coefficient (Wildman–Crippen LogP) is 2.08. The third-order valence-electron chi connectivity index (χ3n) is 9.96. The minimum absolute atomic E-state index is 0.0877. The summed E-state index contributed by atoms with van der Waals surface area (Å²) in [6, 6.07) is 0. The highest BCUT2D eigenvalue weighted by Gasteiger charge is 2.80. The van der Waals surface area contributed by atoms with Crippen LogP contribution in [0.25, 0.3) is 0 Å². The molecular formula is C28H40O10. The van der Waals surface area contributed by atoms with Crippen molar-refractivity contribution >= 4 is 23.9 Å². The zero-order valence-corrected chi connectivity index (χ0v) is 23.2. The van der Waals surface area contributed by atoms with Crippen LogP contribution in [-0.4, -0.2) is 70.7 Å². The maximum Gasteiger partial charge on any atom is 0.303 e. The molecule has 4 saturated carbocycles. The van der Waals surface area contributed by atoms with Crippen LogP contribution in [0.2, 0.25) is 0 Å². The number of carbonyl (C=O) groups excluding carboxylic acids is 4. The van der Waals surface area contributed by atoms with Crippen molar-refractivity contribution in [3.8, 4) is 0 Å². The van der Waals surface area contributed by atoms with E-state index in [1.54, 1.807) is 0 Å². The first-order valence-electron chi connectivity index (χ1n) is 13.2. The Labute approximate surface area is 223 Å². The van der Waals surface area contributed by atoms with Gasteiger partial charge >= 0.3 is 23.9 Å². The lowest BCUT2D eigenvalue weighted by molar-refractivity contribution is -0.325. The number of aliphatic hydroxyl groups excluding tert-OH is 2. The Bertz CT molecular complexity index is 1050. The fraction of sp³-hybridized carbons (Fsp3) is 0.786. The summed E-state index contributed by atoms with van der Waals surface area (Å²) < 4.78 is 23.7. The summed E-state index contributed by atoms with van der Waals surface area (Å²) in [5.74, 6) is -3.99.